The number of thiazole rings is 1. The predicted molar refractivity (Wildman–Crippen MR) is 108 cm³/mol. The summed E-state index contributed by atoms with van der Waals surface area (Å²) in [6, 6.07) is 10.7. The van der Waals surface area contributed by atoms with Crippen molar-refractivity contribution in [3.8, 4) is 0 Å². The molecular formula is C19H17N3O4S2. The number of carbonyl (C=O) groups is 2. The third kappa shape index (κ3) is 4.01. The van der Waals surface area contributed by atoms with Crippen LogP contribution in [0.1, 0.15) is 27.6 Å². The molecule has 0 unspecified atom stereocenters. The van der Waals surface area contributed by atoms with Crippen molar-refractivity contribution in [2.24, 2.45) is 10.1 Å². The van der Waals surface area contributed by atoms with Crippen molar-refractivity contribution in [3.05, 3.63) is 71.0 Å². The van der Waals surface area contributed by atoms with Crippen molar-refractivity contribution in [2.45, 2.75) is 18.4 Å². The monoisotopic (exact) mass is 415 g/mol. The lowest BCUT2D eigenvalue weighted by Gasteiger charge is -2.02. The van der Waals surface area contributed by atoms with Gasteiger partial charge in [0.05, 0.1) is 15.1 Å². The Morgan fingerprint density at radius 2 is 1.82 bits per heavy atom. The van der Waals surface area contributed by atoms with E-state index >= 15 is 0 Å². The van der Waals surface area contributed by atoms with Crippen molar-refractivity contribution in [1.82, 2.24) is 4.57 Å². The van der Waals surface area contributed by atoms with Gasteiger partial charge in [0.2, 0.25) is 10.0 Å². The van der Waals surface area contributed by atoms with Crippen molar-refractivity contribution in [1.29, 1.82) is 0 Å². The van der Waals surface area contributed by atoms with Crippen molar-refractivity contribution in [2.75, 3.05) is 0 Å². The van der Waals surface area contributed by atoms with E-state index in [-0.39, 0.29) is 10.7 Å². The Bertz CT molecular complexity index is 1270. The highest BCUT2D eigenvalue weighted by atomic mass is 32.2. The zero-order chi connectivity index (χ0) is 20.5. The standard InChI is InChI=1S/C19H17N3O4S2/c1-3-10-22-16-9-8-15(28(20,25)26)11-17(16)27-19(22)21-18(24)14-6-4-13(5-7-14)12(2)23/h3-9,11H,1,10H2,2H3,(H2,20,25,26). The number of hydrogen-bond donors (Lipinski definition) is 1. The number of ketones is 1. The Morgan fingerprint density at radius 3 is 2.39 bits per heavy atom. The molecule has 0 spiro atoms. The Morgan fingerprint density at radius 1 is 1.18 bits per heavy atom. The Labute approximate surface area is 165 Å². The maximum Gasteiger partial charge on any atom is 0.279 e. The summed E-state index contributed by atoms with van der Waals surface area (Å²) >= 11 is 1.18. The summed E-state index contributed by atoms with van der Waals surface area (Å²) in [5.41, 5.74) is 1.57. The molecule has 1 heterocycles. The number of benzene rings is 2. The first kappa shape index (κ1) is 19.9. The van der Waals surface area contributed by atoms with Crippen LogP contribution in [0.2, 0.25) is 0 Å². The van der Waals surface area contributed by atoms with E-state index in [1.165, 1.54) is 30.4 Å². The molecule has 0 saturated carbocycles. The van der Waals surface area contributed by atoms with Gasteiger partial charge in [-0.2, -0.15) is 4.99 Å². The molecule has 2 N–H and O–H groups in total. The van der Waals surface area contributed by atoms with Crippen LogP contribution in [-0.2, 0) is 16.6 Å². The lowest BCUT2D eigenvalue weighted by Crippen LogP contribution is -2.16. The molecule has 1 aromatic heterocycles. The molecule has 3 aromatic rings. The van der Waals surface area contributed by atoms with Crippen LogP contribution in [0, 0.1) is 0 Å². The summed E-state index contributed by atoms with van der Waals surface area (Å²) in [6.07, 6.45) is 1.66. The van der Waals surface area contributed by atoms with Crippen LogP contribution in [0.15, 0.2) is 65.0 Å². The first-order chi connectivity index (χ1) is 13.2. The number of carbonyl (C=O) groups excluding carboxylic acids is 2. The fraction of sp³-hybridized carbons (Fsp3) is 0.105. The highest BCUT2D eigenvalue weighted by molar-refractivity contribution is 7.89. The zero-order valence-corrected chi connectivity index (χ0v) is 16.6. The fourth-order valence-corrected chi connectivity index (χ4v) is 4.31. The topological polar surface area (TPSA) is 112 Å². The number of nitrogens with two attached hydrogens (primary N) is 1. The molecule has 0 bridgehead atoms. The number of amides is 1. The highest BCUT2D eigenvalue weighted by Gasteiger charge is 2.13. The molecule has 0 radical (unpaired) electrons. The summed E-state index contributed by atoms with van der Waals surface area (Å²) in [7, 11) is -3.84. The molecule has 2 aromatic carbocycles. The van der Waals surface area contributed by atoms with Crippen molar-refractivity contribution >= 4 is 43.3 Å². The molecule has 0 aliphatic carbocycles. The molecule has 144 valence electrons. The summed E-state index contributed by atoms with van der Waals surface area (Å²) in [4.78, 5) is 28.5. The van der Waals surface area contributed by atoms with E-state index in [0.717, 1.165) is 5.52 Å². The smallest absolute Gasteiger partial charge is 0.279 e. The number of sulfonamides is 1. The first-order valence-electron chi connectivity index (χ1n) is 8.18. The van der Waals surface area contributed by atoms with Crippen LogP contribution >= 0.6 is 11.3 Å². The maximum absolute atomic E-state index is 12.6. The summed E-state index contributed by atoms with van der Waals surface area (Å²) < 4.78 is 25.6. The molecule has 9 heteroatoms. The van der Waals surface area contributed by atoms with E-state index < -0.39 is 15.9 Å². The maximum atomic E-state index is 12.6. The van der Waals surface area contributed by atoms with Crippen LogP contribution in [0.25, 0.3) is 10.2 Å². The van der Waals surface area contributed by atoms with Gasteiger partial charge in [-0.05, 0) is 37.3 Å². The van der Waals surface area contributed by atoms with Gasteiger partial charge >= 0.3 is 0 Å². The average molecular weight is 415 g/mol. The first-order valence-corrected chi connectivity index (χ1v) is 10.5. The van der Waals surface area contributed by atoms with Gasteiger partial charge in [-0.15, -0.1) is 6.58 Å². The van der Waals surface area contributed by atoms with Gasteiger partial charge < -0.3 is 4.57 Å². The van der Waals surface area contributed by atoms with Gasteiger partial charge in [0.25, 0.3) is 5.91 Å². The second-order valence-corrected chi connectivity index (χ2v) is 8.58. The molecule has 0 saturated heterocycles. The SMILES string of the molecule is C=CCn1c(=NC(=O)c2ccc(C(C)=O)cc2)sc2cc(S(N)(=O)=O)ccc21. The number of hydrogen-bond acceptors (Lipinski definition) is 5. The summed E-state index contributed by atoms with van der Waals surface area (Å²) in [5.74, 6) is -0.555. The van der Waals surface area contributed by atoms with E-state index in [0.29, 0.717) is 27.2 Å². The van der Waals surface area contributed by atoms with E-state index in [1.807, 2.05) is 0 Å². The summed E-state index contributed by atoms with van der Waals surface area (Å²) in [6.45, 7) is 5.56. The Hall–Kier alpha value is -2.88. The van der Waals surface area contributed by atoms with Crippen LogP contribution in [0.3, 0.4) is 0 Å². The van der Waals surface area contributed by atoms with Crippen molar-refractivity contribution < 1.29 is 18.0 Å². The molecule has 3 rings (SSSR count). The van der Waals surface area contributed by atoms with E-state index in [2.05, 4.69) is 11.6 Å². The number of aromatic nitrogens is 1. The van der Waals surface area contributed by atoms with Crippen LogP contribution in [0.4, 0.5) is 0 Å². The molecule has 0 aliphatic heterocycles. The number of Topliss-reactive ketones (excluding diaryl/α,β-unsaturated/α-hetero) is 1. The number of primary sulfonamides is 1. The Kier molecular flexibility index (Phi) is 5.41. The fourth-order valence-electron chi connectivity index (χ4n) is 2.62. The number of nitrogens with zero attached hydrogens (tertiary/aromatic N) is 2. The summed E-state index contributed by atoms with van der Waals surface area (Å²) in [5, 5.41) is 5.19. The zero-order valence-electron chi connectivity index (χ0n) is 15.0. The quantitative estimate of drug-likeness (QED) is 0.510. The minimum atomic E-state index is -3.84. The molecule has 0 aliphatic rings. The highest BCUT2D eigenvalue weighted by Crippen LogP contribution is 2.21. The normalized spacial score (nSPS) is 12.3. The minimum absolute atomic E-state index is 0.00954. The van der Waals surface area contributed by atoms with Gasteiger partial charge in [0.1, 0.15) is 0 Å². The van der Waals surface area contributed by atoms with E-state index in [1.54, 1.807) is 41.0 Å². The average Bonchev–Trinajstić information content (AvgIpc) is 2.98. The number of rotatable bonds is 5. The molecule has 1 amide bonds. The van der Waals surface area contributed by atoms with Crippen molar-refractivity contribution in [3.63, 3.8) is 0 Å². The lowest BCUT2D eigenvalue weighted by atomic mass is 10.1. The molecule has 0 atom stereocenters. The number of allylic oxidation sites excluding steroid dienone is 1. The lowest BCUT2D eigenvalue weighted by molar-refractivity contribution is 0.0991. The van der Waals surface area contributed by atoms with E-state index in [9.17, 15) is 18.0 Å². The predicted octanol–water partition coefficient (Wildman–Crippen LogP) is 2.48. The molecule has 28 heavy (non-hydrogen) atoms. The van der Waals surface area contributed by atoms with Gasteiger partial charge in [0.15, 0.2) is 10.6 Å². The Balaban J connectivity index is 2.12. The third-order valence-corrected chi connectivity index (χ3v) is 5.98. The minimum Gasteiger partial charge on any atom is -0.312 e. The van der Waals surface area contributed by atoms with Crippen LogP contribution in [-0.4, -0.2) is 24.7 Å². The van der Waals surface area contributed by atoms with Crippen LogP contribution in [0.5, 0.6) is 0 Å². The molecule has 0 fully saturated rings. The largest absolute Gasteiger partial charge is 0.312 e. The molecular weight excluding hydrogens is 398 g/mol. The second-order valence-electron chi connectivity index (χ2n) is 6.01. The van der Waals surface area contributed by atoms with Gasteiger partial charge in [-0.1, -0.05) is 29.5 Å². The molecule has 7 nitrogen and oxygen atoms in total. The second kappa shape index (κ2) is 7.63. The van der Waals surface area contributed by atoms with Gasteiger partial charge in [-0.25, -0.2) is 13.6 Å². The van der Waals surface area contributed by atoms with Gasteiger partial charge in [0, 0.05) is 17.7 Å². The van der Waals surface area contributed by atoms with Gasteiger partial charge in [-0.3, -0.25) is 9.59 Å². The van der Waals surface area contributed by atoms with Crippen LogP contribution < -0.4 is 9.94 Å². The third-order valence-electron chi connectivity index (χ3n) is 4.03. The number of fused-ring (bicyclic) bond motifs is 1. The van der Waals surface area contributed by atoms with E-state index in [4.69, 9.17) is 5.14 Å².